The minimum atomic E-state index is -0.315. The first kappa shape index (κ1) is 12.0. The first-order chi connectivity index (χ1) is 8.45. The molecule has 3 rings (SSSR count). The molecule has 0 bridgehead atoms. The van der Waals surface area contributed by atoms with Crippen LogP contribution in [0.1, 0.15) is 39.5 Å². The minimum absolute atomic E-state index is 0.126. The maximum absolute atomic E-state index is 11.7. The molecular weight excluding hydrogens is 228 g/mol. The molecule has 0 aromatic carbocycles. The van der Waals surface area contributed by atoms with E-state index in [2.05, 4.69) is 20.4 Å². The Balaban J connectivity index is 2.08. The van der Waals surface area contributed by atoms with Crippen molar-refractivity contribution < 1.29 is 14.6 Å². The van der Waals surface area contributed by atoms with Crippen LogP contribution in [0.15, 0.2) is 23.3 Å². The highest BCUT2D eigenvalue weighted by Crippen LogP contribution is 2.55. The number of carbonyl (C=O) groups is 1. The number of esters is 1. The van der Waals surface area contributed by atoms with Gasteiger partial charge in [0.2, 0.25) is 0 Å². The summed E-state index contributed by atoms with van der Waals surface area (Å²) in [6, 6.07) is 0. The van der Waals surface area contributed by atoms with Crippen LogP contribution in [0.5, 0.6) is 0 Å². The van der Waals surface area contributed by atoms with Gasteiger partial charge in [0.15, 0.2) is 0 Å². The number of hydrogen-bond acceptors (Lipinski definition) is 3. The predicted molar refractivity (Wildman–Crippen MR) is 67.8 cm³/mol. The van der Waals surface area contributed by atoms with Gasteiger partial charge in [-0.05, 0) is 38.2 Å². The second-order valence-corrected chi connectivity index (χ2v) is 6.16. The summed E-state index contributed by atoms with van der Waals surface area (Å²) in [4.78, 5) is 11.7. The average Bonchev–Trinajstić information content (AvgIpc) is 2.60. The van der Waals surface area contributed by atoms with Crippen LogP contribution in [0.3, 0.4) is 0 Å². The maximum Gasteiger partial charge on any atom is 0.334 e. The molecule has 3 aliphatic rings. The first-order valence-electron chi connectivity index (χ1n) is 6.73. The van der Waals surface area contributed by atoms with Gasteiger partial charge in [-0.15, -0.1) is 0 Å². The fourth-order valence-corrected chi connectivity index (χ4v) is 3.99. The van der Waals surface area contributed by atoms with E-state index in [1.165, 1.54) is 11.1 Å². The molecule has 1 aliphatic heterocycles. The lowest BCUT2D eigenvalue weighted by molar-refractivity contribution is -0.139. The van der Waals surface area contributed by atoms with Gasteiger partial charge in [-0.25, -0.2) is 4.79 Å². The molecule has 1 N–H and O–H groups in total. The number of aliphatic hydroxyl groups excluding tert-OH is 1. The van der Waals surface area contributed by atoms with E-state index in [0.717, 1.165) is 25.7 Å². The molecule has 98 valence electrons. The number of hydrogen-bond donors (Lipinski definition) is 1. The average molecular weight is 248 g/mol. The van der Waals surface area contributed by atoms with Crippen LogP contribution >= 0.6 is 0 Å². The van der Waals surface area contributed by atoms with Crippen molar-refractivity contribution in [2.75, 3.05) is 0 Å². The second kappa shape index (κ2) is 3.70. The fourth-order valence-electron chi connectivity index (χ4n) is 3.99. The molecule has 0 amide bonds. The Morgan fingerprint density at radius 3 is 2.89 bits per heavy atom. The standard InChI is InChI=1S/C15H20O3/c1-8-4-5-11(16)15(3)7-6-10-9(2)14(17)18-13(10)12(8)15/h10-11,13,16H,2,4-7H2,1,3H3/t10-,11+,13+,15-/m0/s1. The highest BCUT2D eigenvalue weighted by molar-refractivity contribution is 5.91. The summed E-state index contributed by atoms with van der Waals surface area (Å²) in [5, 5.41) is 10.3. The predicted octanol–water partition coefficient (Wildman–Crippen LogP) is 2.36. The van der Waals surface area contributed by atoms with Gasteiger partial charge >= 0.3 is 5.97 Å². The van der Waals surface area contributed by atoms with Crippen molar-refractivity contribution in [2.24, 2.45) is 11.3 Å². The van der Waals surface area contributed by atoms with Gasteiger partial charge in [0.1, 0.15) is 6.10 Å². The van der Waals surface area contributed by atoms with Gasteiger partial charge < -0.3 is 9.84 Å². The Bertz CT molecular complexity index is 462. The van der Waals surface area contributed by atoms with Crippen molar-refractivity contribution in [3.8, 4) is 0 Å². The van der Waals surface area contributed by atoms with Crippen LogP contribution in [0, 0.1) is 11.3 Å². The molecule has 3 nitrogen and oxygen atoms in total. The Hall–Kier alpha value is -1.09. The van der Waals surface area contributed by atoms with Gasteiger partial charge in [0.25, 0.3) is 0 Å². The Labute approximate surface area is 108 Å². The summed E-state index contributed by atoms with van der Waals surface area (Å²) in [5.74, 6) is -0.129. The van der Waals surface area contributed by atoms with Gasteiger partial charge in [-0.2, -0.15) is 0 Å². The number of carbonyl (C=O) groups excluding carboxylic acids is 1. The normalized spacial score (nSPS) is 43.6. The van der Waals surface area contributed by atoms with E-state index in [4.69, 9.17) is 4.74 Å². The van der Waals surface area contributed by atoms with Gasteiger partial charge in [0.05, 0.1) is 6.10 Å². The molecule has 0 radical (unpaired) electrons. The lowest BCUT2D eigenvalue weighted by Crippen LogP contribution is -2.46. The monoisotopic (exact) mass is 248 g/mol. The van der Waals surface area contributed by atoms with Gasteiger partial charge in [-0.3, -0.25) is 0 Å². The summed E-state index contributed by atoms with van der Waals surface area (Å²) in [7, 11) is 0. The Kier molecular flexibility index (Phi) is 2.46. The van der Waals surface area contributed by atoms with E-state index in [1.807, 2.05) is 0 Å². The van der Waals surface area contributed by atoms with Crippen LogP contribution in [-0.2, 0) is 9.53 Å². The van der Waals surface area contributed by atoms with Gasteiger partial charge in [-0.1, -0.05) is 19.1 Å². The summed E-state index contributed by atoms with van der Waals surface area (Å²) in [6.45, 7) is 8.08. The van der Waals surface area contributed by atoms with Gasteiger partial charge in [0, 0.05) is 16.9 Å². The maximum atomic E-state index is 11.7. The van der Waals surface area contributed by atoms with Crippen LogP contribution in [0.4, 0.5) is 0 Å². The van der Waals surface area contributed by atoms with E-state index < -0.39 is 0 Å². The summed E-state index contributed by atoms with van der Waals surface area (Å²) < 4.78 is 5.52. The largest absolute Gasteiger partial charge is 0.454 e. The first-order valence-corrected chi connectivity index (χ1v) is 6.73. The molecule has 1 saturated carbocycles. The quantitative estimate of drug-likeness (QED) is 0.406. The number of rotatable bonds is 0. The van der Waals surface area contributed by atoms with Crippen LogP contribution in [0.25, 0.3) is 0 Å². The molecular formula is C15H20O3. The molecule has 4 atom stereocenters. The molecule has 0 aromatic rings. The molecule has 0 unspecified atom stereocenters. The third-order valence-electron chi connectivity index (χ3n) is 5.17. The smallest absolute Gasteiger partial charge is 0.334 e. The number of aliphatic hydroxyl groups is 1. The molecule has 2 aliphatic carbocycles. The van der Waals surface area contributed by atoms with Crippen molar-refractivity contribution in [3.05, 3.63) is 23.3 Å². The molecule has 1 saturated heterocycles. The fraction of sp³-hybridized carbons (Fsp3) is 0.667. The number of fused-ring (bicyclic) bond motifs is 3. The van der Waals surface area contributed by atoms with Crippen molar-refractivity contribution in [1.82, 2.24) is 0 Å². The Morgan fingerprint density at radius 2 is 2.17 bits per heavy atom. The molecule has 2 fully saturated rings. The third-order valence-corrected chi connectivity index (χ3v) is 5.17. The third kappa shape index (κ3) is 1.37. The molecule has 3 heteroatoms. The van der Waals surface area contributed by atoms with E-state index in [9.17, 15) is 9.90 Å². The SMILES string of the molecule is C=C1C(=O)O[C@H]2C3=C(C)CC[C@@H](O)[C@]3(C)CC[C@@H]12. The van der Waals surface area contributed by atoms with Crippen molar-refractivity contribution >= 4 is 5.97 Å². The van der Waals surface area contributed by atoms with Crippen molar-refractivity contribution in [2.45, 2.75) is 51.7 Å². The lowest BCUT2D eigenvalue weighted by Gasteiger charge is -2.48. The second-order valence-electron chi connectivity index (χ2n) is 6.16. The molecule has 0 aromatic heterocycles. The molecule has 0 spiro atoms. The zero-order valence-electron chi connectivity index (χ0n) is 11.0. The number of ether oxygens (including phenoxy) is 1. The zero-order chi connectivity index (χ0) is 13.1. The summed E-state index contributed by atoms with van der Waals surface area (Å²) in [6.07, 6.45) is 3.04. The number of allylic oxidation sites excluding steroid dienone is 1. The van der Waals surface area contributed by atoms with E-state index >= 15 is 0 Å². The minimum Gasteiger partial charge on any atom is -0.454 e. The van der Waals surface area contributed by atoms with E-state index in [-0.39, 0.29) is 29.5 Å². The molecule has 18 heavy (non-hydrogen) atoms. The summed E-state index contributed by atoms with van der Waals surface area (Å²) >= 11 is 0. The molecule has 1 heterocycles. The summed E-state index contributed by atoms with van der Waals surface area (Å²) in [5.41, 5.74) is 2.86. The van der Waals surface area contributed by atoms with Crippen molar-refractivity contribution in [3.63, 3.8) is 0 Å². The van der Waals surface area contributed by atoms with E-state index in [1.54, 1.807) is 0 Å². The lowest BCUT2D eigenvalue weighted by atomic mass is 9.59. The highest BCUT2D eigenvalue weighted by Gasteiger charge is 2.54. The van der Waals surface area contributed by atoms with Crippen LogP contribution in [0.2, 0.25) is 0 Å². The highest BCUT2D eigenvalue weighted by atomic mass is 16.6. The van der Waals surface area contributed by atoms with Crippen LogP contribution in [-0.4, -0.2) is 23.3 Å². The topological polar surface area (TPSA) is 46.5 Å². The van der Waals surface area contributed by atoms with Crippen molar-refractivity contribution in [1.29, 1.82) is 0 Å². The Morgan fingerprint density at radius 1 is 1.44 bits per heavy atom. The van der Waals surface area contributed by atoms with E-state index in [0.29, 0.717) is 5.57 Å². The zero-order valence-corrected chi connectivity index (χ0v) is 11.0. The van der Waals surface area contributed by atoms with Crippen LogP contribution < -0.4 is 0 Å².